The quantitative estimate of drug-likeness (QED) is 0.603. The molecule has 0 bridgehead atoms. The summed E-state index contributed by atoms with van der Waals surface area (Å²) < 4.78 is 5.07. The van der Waals surface area contributed by atoms with E-state index >= 15 is 0 Å². The van der Waals surface area contributed by atoms with E-state index < -0.39 is 0 Å². The lowest BCUT2D eigenvalue weighted by Gasteiger charge is -1.97. The second kappa shape index (κ2) is 7.74. The molecule has 2 nitrogen and oxygen atoms in total. The van der Waals surface area contributed by atoms with Crippen LogP contribution in [0, 0.1) is 0 Å². The van der Waals surface area contributed by atoms with E-state index in [0.29, 0.717) is 0 Å². The maximum absolute atomic E-state index is 11.5. The number of ether oxygens (including phenoxy) is 1. The average molecular weight is 264 g/mol. The van der Waals surface area contributed by atoms with Crippen LogP contribution < -0.4 is 0 Å². The van der Waals surface area contributed by atoms with Gasteiger partial charge in [0.25, 0.3) is 0 Å². The van der Waals surface area contributed by atoms with Gasteiger partial charge in [-0.2, -0.15) is 0 Å². The van der Waals surface area contributed by atoms with Gasteiger partial charge in [0, 0.05) is 6.08 Å². The summed E-state index contributed by atoms with van der Waals surface area (Å²) in [4.78, 5) is 11.5. The van der Waals surface area contributed by atoms with E-state index in [1.54, 1.807) is 6.08 Å². The molecule has 0 saturated carbocycles. The summed E-state index contributed by atoms with van der Waals surface area (Å²) >= 11 is 0. The molecule has 0 radical (unpaired) electrons. The van der Waals surface area contributed by atoms with Gasteiger partial charge in [0.1, 0.15) is 6.61 Å². The maximum atomic E-state index is 11.5. The van der Waals surface area contributed by atoms with Crippen molar-refractivity contribution in [2.45, 2.75) is 0 Å². The number of rotatable bonds is 5. The Morgan fingerprint density at radius 2 is 1.40 bits per heavy atom. The smallest absolute Gasteiger partial charge is 0.331 e. The first-order chi connectivity index (χ1) is 9.84. The number of esters is 1. The van der Waals surface area contributed by atoms with E-state index in [2.05, 4.69) is 0 Å². The number of hydrogen-bond acceptors (Lipinski definition) is 2. The Morgan fingerprint density at radius 3 is 2.00 bits per heavy atom. The van der Waals surface area contributed by atoms with Gasteiger partial charge in [-0.15, -0.1) is 0 Å². The van der Waals surface area contributed by atoms with Gasteiger partial charge in [-0.1, -0.05) is 66.7 Å². The molecule has 20 heavy (non-hydrogen) atoms. The Labute approximate surface area is 119 Å². The van der Waals surface area contributed by atoms with E-state index in [9.17, 15) is 4.79 Å². The second-order valence-electron chi connectivity index (χ2n) is 4.19. The zero-order valence-corrected chi connectivity index (χ0v) is 11.1. The van der Waals surface area contributed by atoms with E-state index in [1.165, 1.54) is 6.08 Å². The largest absolute Gasteiger partial charge is 0.458 e. The highest BCUT2D eigenvalue weighted by atomic mass is 16.5. The number of carbonyl (C=O) groups is 1. The van der Waals surface area contributed by atoms with Crippen LogP contribution in [0.15, 0.2) is 72.8 Å². The Hall–Kier alpha value is -2.61. The predicted octanol–water partition coefficient (Wildman–Crippen LogP) is 3.96. The molecular weight excluding hydrogens is 248 g/mol. The number of carbonyl (C=O) groups excluding carboxylic acids is 1. The van der Waals surface area contributed by atoms with Crippen molar-refractivity contribution in [2.75, 3.05) is 6.61 Å². The van der Waals surface area contributed by atoms with E-state index in [0.717, 1.165) is 11.1 Å². The van der Waals surface area contributed by atoms with Gasteiger partial charge < -0.3 is 4.74 Å². The van der Waals surface area contributed by atoms with Crippen LogP contribution in [0.3, 0.4) is 0 Å². The zero-order valence-electron chi connectivity index (χ0n) is 11.1. The molecule has 0 aliphatic carbocycles. The van der Waals surface area contributed by atoms with Crippen LogP contribution in [0.5, 0.6) is 0 Å². The van der Waals surface area contributed by atoms with Crippen molar-refractivity contribution in [1.82, 2.24) is 0 Å². The van der Waals surface area contributed by atoms with Crippen LogP contribution in [-0.4, -0.2) is 12.6 Å². The van der Waals surface area contributed by atoms with Gasteiger partial charge in [0.2, 0.25) is 0 Å². The van der Waals surface area contributed by atoms with E-state index in [1.807, 2.05) is 72.8 Å². The topological polar surface area (TPSA) is 26.3 Å². The number of hydrogen-bond donors (Lipinski definition) is 0. The molecule has 2 aromatic rings. The number of benzene rings is 2. The van der Waals surface area contributed by atoms with Crippen LogP contribution in [0.4, 0.5) is 0 Å². The molecule has 100 valence electrons. The third-order valence-electron chi connectivity index (χ3n) is 2.64. The average Bonchev–Trinajstić information content (AvgIpc) is 2.52. The van der Waals surface area contributed by atoms with Crippen molar-refractivity contribution >= 4 is 18.1 Å². The lowest BCUT2D eigenvalue weighted by atomic mass is 10.2. The second-order valence-corrected chi connectivity index (χ2v) is 4.19. The molecular formula is C18H16O2. The summed E-state index contributed by atoms with van der Waals surface area (Å²) in [5.74, 6) is -0.341. The summed E-state index contributed by atoms with van der Waals surface area (Å²) in [6.07, 6.45) is 6.92. The first-order valence-electron chi connectivity index (χ1n) is 6.46. The highest BCUT2D eigenvalue weighted by Crippen LogP contribution is 2.02. The van der Waals surface area contributed by atoms with Crippen molar-refractivity contribution in [3.63, 3.8) is 0 Å². The van der Waals surface area contributed by atoms with Gasteiger partial charge in [-0.25, -0.2) is 4.79 Å². The minimum atomic E-state index is -0.341. The third-order valence-corrected chi connectivity index (χ3v) is 2.64. The summed E-state index contributed by atoms with van der Waals surface area (Å²) in [6, 6.07) is 19.5. The van der Waals surface area contributed by atoms with Crippen LogP contribution in [0.25, 0.3) is 12.2 Å². The Morgan fingerprint density at radius 1 is 0.850 bits per heavy atom. The molecule has 0 N–H and O–H groups in total. The highest BCUT2D eigenvalue weighted by Gasteiger charge is 1.94. The van der Waals surface area contributed by atoms with Crippen molar-refractivity contribution in [3.05, 3.63) is 83.9 Å². The van der Waals surface area contributed by atoms with Crippen molar-refractivity contribution in [3.8, 4) is 0 Å². The molecule has 0 fully saturated rings. The van der Waals surface area contributed by atoms with Crippen LogP contribution >= 0.6 is 0 Å². The molecule has 0 heterocycles. The molecule has 2 aromatic carbocycles. The first-order valence-corrected chi connectivity index (χ1v) is 6.46. The normalized spacial score (nSPS) is 11.0. The van der Waals surface area contributed by atoms with Gasteiger partial charge in [0.05, 0.1) is 0 Å². The summed E-state index contributed by atoms with van der Waals surface area (Å²) in [5.41, 5.74) is 2.06. The zero-order chi connectivity index (χ0) is 14.0. The molecule has 0 spiro atoms. The predicted molar refractivity (Wildman–Crippen MR) is 81.9 cm³/mol. The molecule has 0 aliphatic rings. The molecule has 0 amide bonds. The minimum Gasteiger partial charge on any atom is -0.458 e. The standard InChI is InChI=1S/C18H16O2/c19-18(14-13-17-10-5-2-6-11-17)20-15-7-12-16-8-3-1-4-9-16/h1-14H,15H2/b12-7+,14-13+. The summed E-state index contributed by atoms with van der Waals surface area (Å²) in [6.45, 7) is 0.271. The van der Waals surface area contributed by atoms with Crippen LogP contribution in [0.1, 0.15) is 11.1 Å². The Balaban J connectivity index is 1.76. The van der Waals surface area contributed by atoms with Gasteiger partial charge in [-0.05, 0) is 23.3 Å². The van der Waals surface area contributed by atoms with E-state index in [-0.39, 0.29) is 12.6 Å². The third kappa shape index (κ3) is 4.94. The lowest BCUT2D eigenvalue weighted by Crippen LogP contribution is -1.99. The summed E-state index contributed by atoms with van der Waals surface area (Å²) in [5, 5.41) is 0. The Bertz CT molecular complexity index is 583. The molecule has 2 rings (SSSR count). The SMILES string of the molecule is O=C(/C=C/c1ccccc1)OC/C=C/c1ccccc1. The molecule has 2 heteroatoms. The fourth-order valence-electron chi connectivity index (χ4n) is 1.66. The highest BCUT2D eigenvalue weighted by molar-refractivity contribution is 5.87. The molecule has 0 atom stereocenters. The van der Waals surface area contributed by atoms with Crippen molar-refractivity contribution < 1.29 is 9.53 Å². The van der Waals surface area contributed by atoms with Crippen LogP contribution in [-0.2, 0) is 9.53 Å². The Kier molecular flexibility index (Phi) is 5.35. The van der Waals surface area contributed by atoms with Crippen molar-refractivity contribution in [1.29, 1.82) is 0 Å². The monoisotopic (exact) mass is 264 g/mol. The van der Waals surface area contributed by atoms with Gasteiger partial charge >= 0.3 is 5.97 Å². The van der Waals surface area contributed by atoms with Gasteiger partial charge in [-0.3, -0.25) is 0 Å². The first kappa shape index (κ1) is 13.8. The van der Waals surface area contributed by atoms with Crippen LogP contribution in [0.2, 0.25) is 0 Å². The van der Waals surface area contributed by atoms with E-state index in [4.69, 9.17) is 4.74 Å². The van der Waals surface area contributed by atoms with Gasteiger partial charge in [0.15, 0.2) is 0 Å². The fourth-order valence-corrected chi connectivity index (χ4v) is 1.66. The lowest BCUT2D eigenvalue weighted by molar-refractivity contribution is -0.136. The summed E-state index contributed by atoms with van der Waals surface area (Å²) in [7, 11) is 0. The maximum Gasteiger partial charge on any atom is 0.331 e. The molecule has 0 aliphatic heterocycles. The fraction of sp³-hybridized carbons (Fsp3) is 0.0556. The molecule has 0 aromatic heterocycles. The minimum absolute atomic E-state index is 0.271. The molecule has 0 unspecified atom stereocenters. The van der Waals surface area contributed by atoms with Crippen molar-refractivity contribution in [2.24, 2.45) is 0 Å². The molecule has 0 saturated heterocycles.